The van der Waals surface area contributed by atoms with Crippen molar-refractivity contribution in [3.63, 3.8) is 0 Å². The van der Waals surface area contributed by atoms with Crippen LogP contribution in [0.25, 0.3) is 5.76 Å². The number of aliphatic hydroxyl groups excluding tert-OH is 1. The van der Waals surface area contributed by atoms with Crippen molar-refractivity contribution in [1.82, 2.24) is 15.2 Å². The molecule has 2 heterocycles. The van der Waals surface area contributed by atoms with Crippen LogP contribution in [-0.4, -0.2) is 26.1 Å². The van der Waals surface area contributed by atoms with E-state index < -0.39 is 5.78 Å². The molecule has 3 rings (SSSR count). The summed E-state index contributed by atoms with van der Waals surface area (Å²) in [5, 5.41) is 15.9. The first-order valence-corrected chi connectivity index (χ1v) is 6.76. The highest BCUT2D eigenvalue weighted by Gasteiger charge is 2.16. The number of rotatable bonds is 5. The summed E-state index contributed by atoms with van der Waals surface area (Å²) in [6.07, 6.45) is 3.77. The van der Waals surface area contributed by atoms with Crippen molar-refractivity contribution in [2.24, 2.45) is 0 Å². The van der Waals surface area contributed by atoms with Crippen molar-refractivity contribution in [2.45, 2.75) is 6.42 Å². The van der Waals surface area contributed by atoms with Crippen molar-refractivity contribution < 1.29 is 18.7 Å². The van der Waals surface area contributed by atoms with Crippen LogP contribution in [0.1, 0.15) is 27.5 Å². The van der Waals surface area contributed by atoms with Crippen LogP contribution in [0.2, 0.25) is 0 Å². The number of furan rings is 1. The number of ketones is 1. The Morgan fingerprint density at radius 2 is 2.17 bits per heavy atom. The van der Waals surface area contributed by atoms with Gasteiger partial charge in [-0.1, -0.05) is 18.2 Å². The molecular formula is C16H12FN3O3. The fraction of sp³-hybridized carbons (Fsp3) is 0.0625. The van der Waals surface area contributed by atoms with Crippen LogP contribution in [0.15, 0.2) is 53.4 Å². The lowest BCUT2D eigenvalue weighted by Gasteiger charge is -2.02. The molecule has 0 fully saturated rings. The van der Waals surface area contributed by atoms with Crippen molar-refractivity contribution in [2.75, 3.05) is 0 Å². The number of halogens is 1. The van der Waals surface area contributed by atoms with E-state index in [0.717, 1.165) is 6.08 Å². The van der Waals surface area contributed by atoms with E-state index in [0.29, 0.717) is 11.3 Å². The second-order valence-electron chi connectivity index (χ2n) is 4.74. The van der Waals surface area contributed by atoms with E-state index in [-0.39, 0.29) is 29.4 Å². The number of benzene rings is 1. The molecule has 2 N–H and O–H groups in total. The topological polar surface area (TPSA) is 92.0 Å². The van der Waals surface area contributed by atoms with Crippen LogP contribution in [0, 0.1) is 5.82 Å². The first-order chi connectivity index (χ1) is 11.1. The quantitative estimate of drug-likeness (QED) is 0.429. The van der Waals surface area contributed by atoms with Crippen LogP contribution in [0.5, 0.6) is 0 Å². The number of nitrogens with zero attached hydrogens (tertiary/aromatic N) is 2. The zero-order valence-corrected chi connectivity index (χ0v) is 11.9. The summed E-state index contributed by atoms with van der Waals surface area (Å²) in [5.41, 5.74) is 0.661. The van der Waals surface area contributed by atoms with Crippen molar-refractivity contribution in [1.29, 1.82) is 0 Å². The lowest BCUT2D eigenvalue weighted by molar-refractivity contribution is 0.104. The molecule has 23 heavy (non-hydrogen) atoms. The van der Waals surface area contributed by atoms with Gasteiger partial charge in [-0.05, 0) is 17.7 Å². The minimum atomic E-state index is -0.479. The van der Waals surface area contributed by atoms with Gasteiger partial charge in [-0.15, -0.1) is 0 Å². The van der Waals surface area contributed by atoms with Crippen LogP contribution in [0.4, 0.5) is 4.39 Å². The average Bonchev–Trinajstić information content (AvgIpc) is 3.20. The minimum absolute atomic E-state index is 0.0116. The van der Waals surface area contributed by atoms with Gasteiger partial charge < -0.3 is 9.52 Å². The van der Waals surface area contributed by atoms with E-state index in [4.69, 9.17) is 4.42 Å². The van der Waals surface area contributed by atoms with Gasteiger partial charge in [-0.2, -0.15) is 5.10 Å². The molecule has 0 radical (unpaired) electrons. The van der Waals surface area contributed by atoms with Gasteiger partial charge in [0, 0.05) is 12.5 Å². The summed E-state index contributed by atoms with van der Waals surface area (Å²) in [6.45, 7) is 0. The van der Waals surface area contributed by atoms with E-state index in [1.807, 2.05) is 0 Å². The highest BCUT2D eigenvalue weighted by atomic mass is 19.1. The molecule has 0 atom stereocenters. The van der Waals surface area contributed by atoms with Gasteiger partial charge in [0.25, 0.3) is 0 Å². The molecule has 3 aromatic rings. The predicted octanol–water partition coefficient (Wildman–Crippen LogP) is 2.91. The summed E-state index contributed by atoms with van der Waals surface area (Å²) in [6, 6.07) is 7.73. The SMILES string of the molecule is O=C(C=C(O)c1nc[nH]n1)c1ccoc1Cc1ccccc1F. The Bertz CT molecular complexity index is 853. The molecule has 116 valence electrons. The Balaban J connectivity index is 1.85. The summed E-state index contributed by atoms with van der Waals surface area (Å²) in [5.74, 6) is -0.889. The van der Waals surface area contributed by atoms with Crippen LogP contribution >= 0.6 is 0 Å². The van der Waals surface area contributed by atoms with E-state index >= 15 is 0 Å². The Labute approximate surface area is 130 Å². The van der Waals surface area contributed by atoms with Gasteiger partial charge >= 0.3 is 0 Å². The molecule has 0 saturated carbocycles. The molecule has 2 aromatic heterocycles. The molecule has 7 heteroatoms. The van der Waals surface area contributed by atoms with E-state index in [1.54, 1.807) is 18.2 Å². The number of H-pyrrole nitrogens is 1. The van der Waals surface area contributed by atoms with Gasteiger partial charge in [0.1, 0.15) is 17.9 Å². The monoisotopic (exact) mass is 313 g/mol. The molecule has 0 aliphatic carbocycles. The van der Waals surface area contributed by atoms with Gasteiger partial charge in [0.15, 0.2) is 11.5 Å². The third-order valence-corrected chi connectivity index (χ3v) is 3.23. The second kappa shape index (κ2) is 6.27. The molecule has 0 amide bonds. The molecule has 0 saturated heterocycles. The van der Waals surface area contributed by atoms with E-state index in [1.165, 1.54) is 24.7 Å². The summed E-state index contributed by atoms with van der Waals surface area (Å²) >= 11 is 0. The van der Waals surface area contributed by atoms with Crippen LogP contribution in [-0.2, 0) is 6.42 Å². The number of aromatic nitrogens is 3. The lowest BCUT2D eigenvalue weighted by Crippen LogP contribution is -2.01. The molecule has 0 aliphatic rings. The minimum Gasteiger partial charge on any atom is -0.504 e. The maximum absolute atomic E-state index is 13.7. The summed E-state index contributed by atoms with van der Waals surface area (Å²) in [7, 11) is 0. The Hall–Kier alpha value is -3.22. The fourth-order valence-corrected chi connectivity index (χ4v) is 2.11. The molecule has 0 aliphatic heterocycles. The van der Waals surface area contributed by atoms with E-state index in [9.17, 15) is 14.3 Å². The number of nitrogens with one attached hydrogen (secondary N) is 1. The molecule has 0 spiro atoms. The average molecular weight is 313 g/mol. The highest BCUT2D eigenvalue weighted by Crippen LogP contribution is 2.19. The second-order valence-corrected chi connectivity index (χ2v) is 4.74. The molecule has 6 nitrogen and oxygen atoms in total. The number of aliphatic hydroxyl groups is 1. The normalized spacial score (nSPS) is 11.6. The third-order valence-electron chi connectivity index (χ3n) is 3.23. The van der Waals surface area contributed by atoms with Gasteiger partial charge in [-0.25, -0.2) is 9.37 Å². The first-order valence-electron chi connectivity index (χ1n) is 6.76. The zero-order valence-electron chi connectivity index (χ0n) is 11.9. The third kappa shape index (κ3) is 3.18. The zero-order chi connectivity index (χ0) is 16.2. The smallest absolute Gasteiger partial charge is 0.215 e. The van der Waals surface area contributed by atoms with Crippen molar-refractivity contribution in [3.05, 3.63) is 77.5 Å². The van der Waals surface area contributed by atoms with E-state index in [2.05, 4.69) is 15.2 Å². The highest BCUT2D eigenvalue weighted by molar-refractivity contribution is 6.08. The van der Waals surface area contributed by atoms with Crippen LogP contribution in [0.3, 0.4) is 0 Å². The summed E-state index contributed by atoms with van der Waals surface area (Å²) in [4.78, 5) is 16.0. The lowest BCUT2D eigenvalue weighted by atomic mass is 10.0. The Morgan fingerprint density at radius 3 is 2.91 bits per heavy atom. The van der Waals surface area contributed by atoms with Gasteiger partial charge in [0.05, 0.1) is 11.8 Å². The van der Waals surface area contributed by atoms with Crippen molar-refractivity contribution >= 4 is 11.5 Å². The van der Waals surface area contributed by atoms with Gasteiger partial charge in [0.2, 0.25) is 5.82 Å². The van der Waals surface area contributed by atoms with Crippen LogP contribution < -0.4 is 0 Å². The van der Waals surface area contributed by atoms with Gasteiger partial charge in [-0.3, -0.25) is 9.89 Å². The molecular weight excluding hydrogens is 301 g/mol. The molecule has 0 unspecified atom stereocenters. The Morgan fingerprint density at radius 1 is 1.35 bits per heavy atom. The maximum atomic E-state index is 13.7. The fourth-order valence-electron chi connectivity index (χ4n) is 2.11. The van der Waals surface area contributed by atoms with Crippen molar-refractivity contribution in [3.8, 4) is 0 Å². The number of hydrogen-bond donors (Lipinski definition) is 2. The maximum Gasteiger partial charge on any atom is 0.215 e. The number of carbonyl (C=O) groups excluding carboxylic acids is 1. The number of aromatic amines is 1. The number of hydrogen-bond acceptors (Lipinski definition) is 5. The largest absolute Gasteiger partial charge is 0.504 e. The Kier molecular flexibility index (Phi) is 4.01. The molecule has 1 aromatic carbocycles. The predicted molar refractivity (Wildman–Crippen MR) is 79.2 cm³/mol. The first kappa shape index (κ1) is 14.7. The number of allylic oxidation sites excluding steroid dienone is 1. The molecule has 0 bridgehead atoms. The standard InChI is InChI=1S/C16H12FN3O3/c17-12-4-2-1-3-10(12)7-15-11(5-6-23-15)13(21)8-14(22)16-18-9-19-20-16/h1-6,8-9,22H,7H2,(H,18,19,20). The number of carbonyl (C=O) groups is 1. The summed E-state index contributed by atoms with van der Waals surface area (Å²) < 4.78 is 19.0.